The first-order valence-corrected chi connectivity index (χ1v) is 12.9. The van der Waals surface area contributed by atoms with Crippen LogP contribution in [0.15, 0.2) is 89.7 Å². The molecule has 0 saturated carbocycles. The molecule has 0 bridgehead atoms. The van der Waals surface area contributed by atoms with E-state index < -0.39 is 0 Å². The molecule has 200 valence electrons. The van der Waals surface area contributed by atoms with E-state index in [0.717, 1.165) is 29.6 Å². The van der Waals surface area contributed by atoms with E-state index in [-0.39, 0.29) is 11.6 Å². The lowest BCUT2D eigenvalue weighted by atomic mass is 10.1. The van der Waals surface area contributed by atoms with Gasteiger partial charge in [-0.25, -0.2) is 4.98 Å². The number of hydrogen-bond donors (Lipinski definition) is 2. The van der Waals surface area contributed by atoms with Crippen molar-refractivity contribution >= 4 is 16.8 Å². The van der Waals surface area contributed by atoms with Crippen LogP contribution in [0.2, 0.25) is 0 Å². The fourth-order valence-corrected chi connectivity index (χ4v) is 4.70. The summed E-state index contributed by atoms with van der Waals surface area (Å²) < 4.78 is 16.9. The number of H-pyrrole nitrogens is 1. The highest BCUT2D eigenvalue weighted by molar-refractivity contribution is 5.91. The van der Waals surface area contributed by atoms with Gasteiger partial charge in [0.2, 0.25) is 5.89 Å². The topological polar surface area (TPSA) is 92.6 Å². The molecule has 5 aromatic rings. The third-order valence-electron chi connectivity index (χ3n) is 6.69. The lowest BCUT2D eigenvalue weighted by Crippen LogP contribution is -2.26. The summed E-state index contributed by atoms with van der Waals surface area (Å²) in [7, 11) is 3.28. The van der Waals surface area contributed by atoms with Gasteiger partial charge in [-0.15, -0.1) is 0 Å². The molecule has 2 heterocycles. The third kappa shape index (κ3) is 6.30. The SMILES string of the molecule is COc1cccc(CN(CCc2c[nH]c3ccccc23)Cc2nc(C(=O)NCc3ccccc3)co2)c1OC. The van der Waals surface area contributed by atoms with Crippen LogP contribution in [-0.2, 0) is 26.1 Å². The molecule has 1 amide bonds. The Kier molecular flexibility index (Phi) is 8.23. The normalized spacial score (nSPS) is 11.2. The Hall–Kier alpha value is -4.56. The van der Waals surface area contributed by atoms with Crippen LogP contribution < -0.4 is 14.8 Å². The number of fused-ring (bicyclic) bond motifs is 1. The first kappa shape index (κ1) is 26.1. The van der Waals surface area contributed by atoms with Gasteiger partial charge in [-0.3, -0.25) is 9.69 Å². The van der Waals surface area contributed by atoms with Gasteiger partial charge in [0.15, 0.2) is 17.2 Å². The van der Waals surface area contributed by atoms with Gasteiger partial charge in [0.05, 0.1) is 20.8 Å². The number of oxazole rings is 1. The van der Waals surface area contributed by atoms with Crippen LogP contribution in [0.25, 0.3) is 10.9 Å². The molecular weight excluding hydrogens is 492 g/mol. The summed E-state index contributed by atoms with van der Waals surface area (Å²) in [5.74, 6) is 1.58. The fraction of sp³-hybridized carbons (Fsp3) is 0.226. The fourth-order valence-electron chi connectivity index (χ4n) is 4.70. The quantitative estimate of drug-likeness (QED) is 0.229. The van der Waals surface area contributed by atoms with Gasteiger partial charge in [-0.1, -0.05) is 60.7 Å². The smallest absolute Gasteiger partial charge is 0.273 e. The van der Waals surface area contributed by atoms with Crippen molar-refractivity contribution in [3.05, 3.63) is 114 Å². The zero-order valence-electron chi connectivity index (χ0n) is 22.1. The van der Waals surface area contributed by atoms with Crippen LogP contribution in [0, 0.1) is 0 Å². The number of hydrogen-bond acceptors (Lipinski definition) is 6. The molecule has 0 spiro atoms. The van der Waals surface area contributed by atoms with Crippen LogP contribution in [0.3, 0.4) is 0 Å². The molecule has 0 saturated heterocycles. The maximum absolute atomic E-state index is 12.7. The number of amides is 1. The van der Waals surface area contributed by atoms with Crippen molar-refractivity contribution < 1.29 is 18.7 Å². The summed E-state index contributed by atoms with van der Waals surface area (Å²) in [6.07, 6.45) is 4.30. The summed E-state index contributed by atoms with van der Waals surface area (Å²) in [6, 6.07) is 23.9. The van der Waals surface area contributed by atoms with E-state index in [1.807, 2.05) is 54.6 Å². The van der Waals surface area contributed by atoms with E-state index in [0.29, 0.717) is 37.0 Å². The van der Waals surface area contributed by atoms with Gasteiger partial charge in [-0.2, -0.15) is 0 Å². The number of ether oxygens (including phenoxy) is 2. The molecular formula is C31H32N4O4. The molecule has 2 N–H and O–H groups in total. The number of methoxy groups -OCH3 is 2. The minimum atomic E-state index is -0.270. The number of carbonyl (C=O) groups is 1. The maximum Gasteiger partial charge on any atom is 0.273 e. The van der Waals surface area contributed by atoms with Gasteiger partial charge in [0.25, 0.3) is 5.91 Å². The predicted molar refractivity (Wildman–Crippen MR) is 150 cm³/mol. The van der Waals surface area contributed by atoms with Gasteiger partial charge in [-0.05, 0) is 29.7 Å². The lowest BCUT2D eigenvalue weighted by molar-refractivity contribution is 0.0945. The number of nitrogens with one attached hydrogen (secondary N) is 2. The Morgan fingerprint density at radius 1 is 0.949 bits per heavy atom. The Labute approximate surface area is 227 Å². The largest absolute Gasteiger partial charge is 0.493 e. The van der Waals surface area contributed by atoms with Crippen molar-refractivity contribution in [2.24, 2.45) is 0 Å². The van der Waals surface area contributed by atoms with Gasteiger partial charge >= 0.3 is 0 Å². The van der Waals surface area contributed by atoms with E-state index in [1.54, 1.807) is 14.2 Å². The first-order valence-electron chi connectivity index (χ1n) is 12.9. The standard InChI is InChI=1S/C31H32N4O4/c1-37-28-14-8-11-24(30(28)38-2)19-35(16-15-23-18-32-26-13-7-6-12-25(23)26)20-29-34-27(21-39-29)31(36)33-17-22-9-4-3-5-10-22/h3-14,18,21,32H,15-17,19-20H2,1-2H3,(H,33,36). The summed E-state index contributed by atoms with van der Waals surface area (Å²) in [5, 5.41) is 4.11. The average molecular weight is 525 g/mol. The Bertz CT molecular complexity index is 1530. The molecule has 0 aliphatic rings. The van der Waals surface area contributed by atoms with E-state index in [2.05, 4.69) is 44.6 Å². The second-order valence-corrected chi connectivity index (χ2v) is 9.27. The molecule has 0 aliphatic heterocycles. The summed E-state index contributed by atoms with van der Waals surface area (Å²) >= 11 is 0. The number of rotatable bonds is 12. The number of para-hydroxylation sites is 2. The van der Waals surface area contributed by atoms with Gasteiger partial charge < -0.3 is 24.2 Å². The van der Waals surface area contributed by atoms with Crippen molar-refractivity contribution in [1.82, 2.24) is 20.2 Å². The molecule has 0 aliphatic carbocycles. The zero-order chi connectivity index (χ0) is 27.0. The van der Waals surface area contributed by atoms with Crippen LogP contribution in [0.5, 0.6) is 11.5 Å². The third-order valence-corrected chi connectivity index (χ3v) is 6.69. The summed E-state index contributed by atoms with van der Waals surface area (Å²) in [4.78, 5) is 22.8. The predicted octanol–water partition coefficient (Wildman–Crippen LogP) is 5.35. The molecule has 8 nitrogen and oxygen atoms in total. The summed E-state index contributed by atoms with van der Waals surface area (Å²) in [5.41, 5.74) is 4.62. The molecule has 0 atom stereocenters. The second-order valence-electron chi connectivity index (χ2n) is 9.27. The molecule has 39 heavy (non-hydrogen) atoms. The van der Waals surface area contributed by atoms with Crippen molar-refractivity contribution in [2.75, 3.05) is 20.8 Å². The first-order chi connectivity index (χ1) is 19.1. The molecule has 0 unspecified atom stereocenters. The van der Waals surface area contributed by atoms with Crippen LogP contribution in [-0.4, -0.2) is 41.5 Å². The van der Waals surface area contributed by atoms with Crippen molar-refractivity contribution in [1.29, 1.82) is 0 Å². The number of carbonyl (C=O) groups excluding carboxylic acids is 1. The zero-order valence-corrected chi connectivity index (χ0v) is 22.1. The van der Waals surface area contributed by atoms with E-state index in [4.69, 9.17) is 13.9 Å². The number of aromatic amines is 1. The monoisotopic (exact) mass is 524 g/mol. The van der Waals surface area contributed by atoms with Crippen LogP contribution in [0.4, 0.5) is 0 Å². The molecule has 3 aromatic carbocycles. The molecule has 8 heteroatoms. The Morgan fingerprint density at radius 3 is 2.59 bits per heavy atom. The second kappa shape index (κ2) is 12.3. The summed E-state index contributed by atoms with van der Waals surface area (Å²) in [6.45, 7) is 2.17. The number of aromatic nitrogens is 2. The van der Waals surface area contributed by atoms with Crippen molar-refractivity contribution in [3.8, 4) is 11.5 Å². The van der Waals surface area contributed by atoms with Crippen LogP contribution in [0.1, 0.15) is 33.1 Å². The van der Waals surface area contributed by atoms with Crippen molar-refractivity contribution in [2.45, 2.75) is 26.1 Å². The highest BCUT2D eigenvalue weighted by Gasteiger charge is 2.18. The van der Waals surface area contributed by atoms with E-state index in [9.17, 15) is 4.79 Å². The average Bonchev–Trinajstić information content (AvgIpc) is 3.62. The Morgan fingerprint density at radius 2 is 1.77 bits per heavy atom. The molecule has 2 aromatic heterocycles. The van der Waals surface area contributed by atoms with Gasteiger partial charge in [0.1, 0.15) is 6.26 Å². The molecule has 5 rings (SSSR count). The van der Waals surface area contributed by atoms with E-state index >= 15 is 0 Å². The van der Waals surface area contributed by atoms with E-state index in [1.165, 1.54) is 17.2 Å². The minimum Gasteiger partial charge on any atom is -0.493 e. The minimum absolute atomic E-state index is 0.261. The maximum atomic E-state index is 12.7. The van der Waals surface area contributed by atoms with Crippen molar-refractivity contribution in [3.63, 3.8) is 0 Å². The number of benzene rings is 3. The number of nitrogens with zero attached hydrogens (tertiary/aromatic N) is 2. The van der Waals surface area contributed by atoms with Crippen LogP contribution >= 0.6 is 0 Å². The highest BCUT2D eigenvalue weighted by Crippen LogP contribution is 2.32. The van der Waals surface area contributed by atoms with Gasteiger partial charge in [0, 0.05) is 42.3 Å². The molecule has 0 fully saturated rings. The lowest BCUT2D eigenvalue weighted by Gasteiger charge is -2.22. The highest BCUT2D eigenvalue weighted by atomic mass is 16.5. The Balaban J connectivity index is 1.32. The molecule has 0 radical (unpaired) electrons.